The van der Waals surface area contributed by atoms with E-state index in [-0.39, 0.29) is 0 Å². The van der Waals surface area contributed by atoms with Crippen molar-refractivity contribution in [3.8, 4) is 5.75 Å². The molecular formula is C13H17F2NO2. The van der Waals surface area contributed by atoms with Crippen LogP contribution in [0, 0.1) is 17.6 Å². The monoisotopic (exact) mass is 257 g/mol. The van der Waals surface area contributed by atoms with Gasteiger partial charge in [0.25, 0.3) is 0 Å². The lowest BCUT2D eigenvalue weighted by molar-refractivity contribution is 0.184. The van der Waals surface area contributed by atoms with E-state index in [9.17, 15) is 8.78 Å². The van der Waals surface area contributed by atoms with Gasteiger partial charge in [-0.3, -0.25) is 0 Å². The molecule has 0 aliphatic carbocycles. The first-order valence-corrected chi connectivity index (χ1v) is 6.12. The van der Waals surface area contributed by atoms with E-state index in [1.807, 2.05) is 0 Å². The van der Waals surface area contributed by atoms with Crippen molar-refractivity contribution in [2.75, 3.05) is 19.8 Å². The minimum atomic E-state index is -0.920. The van der Waals surface area contributed by atoms with Crippen molar-refractivity contribution >= 4 is 0 Å². The van der Waals surface area contributed by atoms with Gasteiger partial charge in [-0.2, -0.15) is 0 Å². The van der Waals surface area contributed by atoms with Gasteiger partial charge in [0.05, 0.1) is 0 Å². The number of hydrogen-bond acceptors (Lipinski definition) is 3. The lowest BCUT2D eigenvalue weighted by Crippen LogP contribution is -2.18. The summed E-state index contributed by atoms with van der Waals surface area (Å²) in [6.45, 7) is 2.82. The number of benzene rings is 1. The summed E-state index contributed by atoms with van der Waals surface area (Å²) in [4.78, 5) is 0. The second-order valence-electron chi connectivity index (χ2n) is 4.60. The molecule has 1 unspecified atom stereocenters. The van der Waals surface area contributed by atoms with Crippen molar-refractivity contribution in [1.82, 2.24) is 5.32 Å². The zero-order valence-electron chi connectivity index (χ0n) is 10.1. The Morgan fingerprint density at radius 3 is 2.67 bits per heavy atom. The lowest BCUT2D eigenvalue weighted by Gasteiger charge is -2.09. The summed E-state index contributed by atoms with van der Waals surface area (Å²) in [5.74, 6) is -2.17. The molecule has 0 radical (unpaired) electrons. The first-order chi connectivity index (χ1) is 8.66. The average Bonchev–Trinajstić information content (AvgIpc) is 2.84. The van der Waals surface area contributed by atoms with Crippen LogP contribution in [0.1, 0.15) is 18.4 Å². The predicted molar refractivity (Wildman–Crippen MR) is 63.3 cm³/mol. The summed E-state index contributed by atoms with van der Waals surface area (Å²) in [5.41, 5.74) is 0.491. The van der Waals surface area contributed by atoms with Crippen molar-refractivity contribution < 1.29 is 18.6 Å². The predicted octanol–water partition coefficient (Wildman–Crippen LogP) is 2.19. The molecule has 0 saturated carbocycles. The van der Waals surface area contributed by atoms with Crippen LogP contribution in [-0.4, -0.2) is 24.9 Å². The van der Waals surface area contributed by atoms with Crippen LogP contribution in [-0.2, 0) is 11.3 Å². The van der Waals surface area contributed by atoms with Gasteiger partial charge in [0.15, 0.2) is 17.4 Å². The van der Waals surface area contributed by atoms with E-state index in [1.165, 1.54) is 0 Å². The van der Waals surface area contributed by atoms with Crippen LogP contribution in [0.15, 0.2) is 12.1 Å². The van der Waals surface area contributed by atoms with Gasteiger partial charge in [-0.25, -0.2) is 8.78 Å². The van der Waals surface area contributed by atoms with Crippen molar-refractivity contribution in [2.45, 2.75) is 19.4 Å². The number of phenolic OH excluding ortho intramolecular Hbond substituents is 1. The number of ether oxygens (including phenoxy) is 1. The fraction of sp³-hybridized carbons (Fsp3) is 0.538. The van der Waals surface area contributed by atoms with E-state index < -0.39 is 17.4 Å². The Bertz CT molecular complexity index is 383. The van der Waals surface area contributed by atoms with Crippen LogP contribution in [0.2, 0.25) is 0 Å². The normalized spacial score (nSPS) is 19.3. The summed E-state index contributed by atoms with van der Waals surface area (Å²) in [6.07, 6.45) is 2.09. The highest BCUT2D eigenvalue weighted by molar-refractivity contribution is 5.29. The molecule has 0 amide bonds. The van der Waals surface area contributed by atoms with E-state index in [4.69, 9.17) is 9.84 Å². The zero-order valence-corrected chi connectivity index (χ0v) is 10.1. The van der Waals surface area contributed by atoms with Gasteiger partial charge < -0.3 is 15.2 Å². The highest BCUT2D eigenvalue weighted by Gasteiger charge is 2.14. The third kappa shape index (κ3) is 3.40. The molecule has 1 fully saturated rings. The first-order valence-electron chi connectivity index (χ1n) is 6.12. The molecule has 3 nitrogen and oxygen atoms in total. The molecule has 100 valence electrons. The summed E-state index contributed by atoms with van der Waals surface area (Å²) in [7, 11) is 0. The molecule has 1 heterocycles. The molecular weight excluding hydrogens is 240 g/mol. The second-order valence-corrected chi connectivity index (χ2v) is 4.60. The van der Waals surface area contributed by atoms with Crippen LogP contribution >= 0.6 is 0 Å². The molecule has 1 atom stereocenters. The van der Waals surface area contributed by atoms with E-state index in [2.05, 4.69) is 5.32 Å². The van der Waals surface area contributed by atoms with Crippen LogP contribution in [0.5, 0.6) is 5.75 Å². The van der Waals surface area contributed by atoms with E-state index in [1.54, 1.807) is 0 Å². The highest BCUT2D eigenvalue weighted by atomic mass is 19.1. The molecule has 2 rings (SSSR count). The van der Waals surface area contributed by atoms with Gasteiger partial charge in [-0.15, -0.1) is 0 Å². The molecule has 0 spiro atoms. The molecule has 1 aromatic carbocycles. The van der Waals surface area contributed by atoms with Crippen LogP contribution in [0.25, 0.3) is 0 Å². The molecule has 1 aliphatic heterocycles. The summed E-state index contributed by atoms with van der Waals surface area (Å²) >= 11 is 0. The Morgan fingerprint density at radius 2 is 2.06 bits per heavy atom. The number of phenols is 1. The zero-order chi connectivity index (χ0) is 13.0. The van der Waals surface area contributed by atoms with Crippen molar-refractivity contribution in [3.05, 3.63) is 29.3 Å². The summed E-state index contributed by atoms with van der Waals surface area (Å²) in [6, 6.07) is 2.29. The number of rotatable bonds is 5. The highest BCUT2D eigenvalue weighted by Crippen LogP contribution is 2.21. The quantitative estimate of drug-likeness (QED) is 0.794. The van der Waals surface area contributed by atoms with Crippen LogP contribution < -0.4 is 5.32 Å². The van der Waals surface area contributed by atoms with Gasteiger partial charge in [0.2, 0.25) is 0 Å². The van der Waals surface area contributed by atoms with Gasteiger partial charge >= 0.3 is 0 Å². The number of nitrogens with one attached hydrogen (secondary N) is 1. The average molecular weight is 257 g/mol. The van der Waals surface area contributed by atoms with Gasteiger partial charge in [0.1, 0.15) is 0 Å². The largest absolute Gasteiger partial charge is 0.503 e. The third-order valence-corrected chi connectivity index (χ3v) is 3.16. The Morgan fingerprint density at radius 1 is 1.33 bits per heavy atom. The van der Waals surface area contributed by atoms with Crippen LogP contribution in [0.3, 0.4) is 0 Å². The molecule has 0 bridgehead atoms. The van der Waals surface area contributed by atoms with Crippen molar-refractivity contribution in [1.29, 1.82) is 0 Å². The van der Waals surface area contributed by atoms with Gasteiger partial charge in [0, 0.05) is 19.8 Å². The summed E-state index contributed by atoms with van der Waals surface area (Å²) < 4.78 is 31.4. The Labute approximate surface area is 105 Å². The van der Waals surface area contributed by atoms with Crippen molar-refractivity contribution in [3.63, 3.8) is 0 Å². The number of halogens is 2. The Kier molecular flexibility index (Phi) is 4.49. The maximum atomic E-state index is 13.1. The van der Waals surface area contributed by atoms with E-state index >= 15 is 0 Å². The Balaban J connectivity index is 1.76. The maximum absolute atomic E-state index is 13.1. The van der Waals surface area contributed by atoms with Gasteiger partial charge in [-0.05, 0) is 43.0 Å². The first kappa shape index (κ1) is 13.2. The maximum Gasteiger partial charge on any atom is 0.187 e. The molecule has 0 aromatic heterocycles. The topological polar surface area (TPSA) is 41.5 Å². The molecule has 2 N–H and O–H groups in total. The van der Waals surface area contributed by atoms with Crippen LogP contribution in [0.4, 0.5) is 8.78 Å². The molecule has 5 heteroatoms. The fourth-order valence-corrected chi connectivity index (χ4v) is 2.07. The molecule has 1 aromatic rings. The molecule has 1 aliphatic rings. The minimum absolute atomic E-state index is 0.391. The van der Waals surface area contributed by atoms with Crippen molar-refractivity contribution in [2.24, 2.45) is 5.92 Å². The van der Waals surface area contributed by atoms with Gasteiger partial charge in [-0.1, -0.05) is 0 Å². The number of aromatic hydroxyl groups is 1. The number of hydrogen-bond donors (Lipinski definition) is 2. The standard InChI is InChI=1S/C13H17F2NO2/c14-11-5-10(6-12(15)13(11)17)7-16-3-1-9-2-4-18-8-9/h5-6,9,16-17H,1-4,7-8H2. The second kappa shape index (κ2) is 6.11. The smallest absolute Gasteiger partial charge is 0.187 e. The Hall–Kier alpha value is -1.20. The van der Waals surface area contributed by atoms with E-state index in [0.717, 1.165) is 44.7 Å². The SMILES string of the molecule is Oc1c(F)cc(CNCCC2CCOC2)cc1F. The summed E-state index contributed by atoms with van der Waals surface area (Å²) in [5, 5.41) is 12.1. The van der Waals surface area contributed by atoms with E-state index in [0.29, 0.717) is 18.0 Å². The fourth-order valence-electron chi connectivity index (χ4n) is 2.07. The molecule has 18 heavy (non-hydrogen) atoms. The lowest BCUT2D eigenvalue weighted by atomic mass is 10.1. The third-order valence-electron chi connectivity index (χ3n) is 3.16. The minimum Gasteiger partial charge on any atom is -0.503 e. The molecule has 1 saturated heterocycles.